The second-order valence-electron chi connectivity index (χ2n) is 6.54. The fourth-order valence-corrected chi connectivity index (χ4v) is 5.39. The highest BCUT2D eigenvalue weighted by molar-refractivity contribution is 8.03. The van der Waals surface area contributed by atoms with E-state index in [9.17, 15) is 24.9 Å². The molecule has 0 aromatic heterocycles. The van der Waals surface area contributed by atoms with Gasteiger partial charge in [0.1, 0.15) is 5.70 Å². The van der Waals surface area contributed by atoms with Crippen molar-refractivity contribution in [3.05, 3.63) is 10.6 Å². The second-order valence-corrected chi connectivity index (χ2v) is 7.88. The predicted octanol–water partition coefficient (Wildman–Crippen LogP) is -0.404. The van der Waals surface area contributed by atoms with Crippen LogP contribution in [0, 0.1) is 11.8 Å². The average molecular weight is 342 g/mol. The van der Waals surface area contributed by atoms with Gasteiger partial charge in [0.05, 0.1) is 24.7 Å². The molecule has 3 aliphatic rings. The Kier molecular flexibility index (Phi) is 4.43. The molecule has 23 heavy (non-hydrogen) atoms. The Hall–Kier alpha value is -1.09. The maximum Gasteiger partial charge on any atom is 0.353 e. The van der Waals surface area contributed by atoms with E-state index in [0.717, 1.165) is 6.42 Å². The molecule has 0 aromatic rings. The average Bonchev–Trinajstić information content (AvgIpc) is 3.02. The Morgan fingerprint density at radius 2 is 2.22 bits per heavy atom. The van der Waals surface area contributed by atoms with Gasteiger partial charge in [-0.2, -0.15) is 0 Å². The number of β-lactam (4-membered cyclic amide) rings is 1. The van der Waals surface area contributed by atoms with Gasteiger partial charge in [-0.15, -0.1) is 11.8 Å². The molecular weight excluding hydrogens is 320 g/mol. The molecule has 0 bridgehead atoms. The van der Waals surface area contributed by atoms with Crippen LogP contribution in [0.5, 0.6) is 0 Å². The maximum atomic E-state index is 12.2. The summed E-state index contributed by atoms with van der Waals surface area (Å²) in [4.78, 5) is 26.0. The first-order valence-corrected chi connectivity index (χ1v) is 8.74. The lowest BCUT2D eigenvalue weighted by molar-refractivity contribution is -0.163. The lowest BCUT2D eigenvalue weighted by Crippen LogP contribution is -2.63. The topological polar surface area (TPSA) is 110 Å². The van der Waals surface area contributed by atoms with Crippen molar-refractivity contribution in [2.75, 3.05) is 13.2 Å². The molecule has 4 N–H and O–H groups in total. The van der Waals surface area contributed by atoms with Crippen molar-refractivity contribution in [3.63, 3.8) is 0 Å². The fraction of sp³-hybridized carbons (Fsp3) is 0.733. The summed E-state index contributed by atoms with van der Waals surface area (Å²) in [6, 6.07) is -0.221. The van der Waals surface area contributed by atoms with Crippen molar-refractivity contribution >= 4 is 23.6 Å². The van der Waals surface area contributed by atoms with Crippen LogP contribution in [-0.4, -0.2) is 68.7 Å². The van der Waals surface area contributed by atoms with Crippen LogP contribution in [0.15, 0.2) is 10.6 Å². The molecule has 0 aromatic carbocycles. The molecule has 1 amide bonds. The number of carbonyl (C=O) groups is 2. The molecule has 0 radical (unpaired) electrons. The van der Waals surface area contributed by atoms with Gasteiger partial charge in [0.25, 0.3) is 0 Å². The third-order valence-electron chi connectivity index (χ3n) is 5.01. The van der Waals surface area contributed by atoms with Crippen LogP contribution < -0.4 is 5.32 Å². The second kappa shape index (κ2) is 6.08. The van der Waals surface area contributed by atoms with Crippen LogP contribution >= 0.6 is 11.8 Å². The molecule has 3 heterocycles. The lowest BCUT2D eigenvalue weighted by atomic mass is 9.79. The number of fused-ring (bicyclic) bond motifs is 1. The van der Waals surface area contributed by atoms with Gasteiger partial charge < -0.3 is 25.5 Å². The number of aliphatic hydroxyl groups excluding tert-OH is 2. The van der Waals surface area contributed by atoms with Gasteiger partial charge >= 0.3 is 5.97 Å². The monoisotopic (exact) mass is 342 g/mol. The summed E-state index contributed by atoms with van der Waals surface area (Å²) in [7, 11) is 0. The summed E-state index contributed by atoms with van der Waals surface area (Å²) >= 11 is 1.49. The number of nitrogens with zero attached hydrogens (tertiary/aromatic N) is 1. The summed E-state index contributed by atoms with van der Waals surface area (Å²) in [6.07, 6.45) is -0.0135. The molecule has 0 spiro atoms. The van der Waals surface area contributed by atoms with Crippen LogP contribution in [0.4, 0.5) is 0 Å². The fourth-order valence-electron chi connectivity index (χ4n) is 3.87. The highest BCUT2D eigenvalue weighted by atomic mass is 32.2. The molecule has 2 saturated heterocycles. The highest BCUT2D eigenvalue weighted by Crippen LogP contribution is 2.51. The summed E-state index contributed by atoms with van der Waals surface area (Å²) in [5.74, 6) is -2.02. The van der Waals surface area contributed by atoms with Crippen LogP contribution in [0.3, 0.4) is 0 Å². The number of carboxylic acids is 1. The van der Waals surface area contributed by atoms with E-state index in [2.05, 4.69) is 5.32 Å². The Morgan fingerprint density at radius 1 is 1.52 bits per heavy atom. The number of aliphatic carboxylic acids is 1. The van der Waals surface area contributed by atoms with Gasteiger partial charge in [-0.25, -0.2) is 4.79 Å². The zero-order valence-corrected chi connectivity index (χ0v) is 13.9. The molecule has 2 fully saturated rings. The highest BCUT2D eigenvalue weighted by Gasteiger charge is 2.60. The minimum Gasteiger partial charge on any atom is -0.477 e. The number of carbonyl (C=O) groups excluding carboxylic acids is 1. The van der Waals surface area contributed by atoms with E-state index in [1.165, 1.54) is 16.7 Å². The molecule has 0 aliphatic carbocycles. The molecule has 128 valence electrons. The summed E-state index contributed by atoms with van der Waals surface area (Å²) in [5.41, 5.74) is 0.0712. The van der Waals surface area contributed by atoms with Crippen molar-refractivity contribution in [1.29, 1.82) is 0 Å². The third kappa shape index (κ3) is 2.57. The minimum absolute atomic E-state index is 0.0435. The van der Waals surface area contributed by atoms with Crippen molar-refractivity contribution < 1.29 is 24.9 Å². The summed E-state index contributed by atoms with van der Waals surface area (Å²) < 4.78 is 0. The standard InChI is InChI=1S/C15H22N2O5S/c1-6-11-10(7(2)19)14(20)17(11)12(15(21)22)13(6)23-9-3-8(5-18)16-4-9/h6-11,16,18-19H,3-5H2,1-2H3,(H,21,22)/t6-,7-,8+,9+,10-,11-/m1/s1. The molecule has 0 unspecified atom stereocenters. The molecule has 3 aliphatic heterocycles. The van der Waals surface area contributed by atoms with Crippen molar-refractivity contribution in [2.45, 2.75) is 43.7 Å². The van der Waals surface area contributed by atoms with Crippen LogP contribution in [-0.2, 0) is 9.59 Å². The SMILES string of the molecule is C[C@@H](O)[C@H]1C(=O)N2C(C(=O)O)=C(S[C@@H]3CN[C@H](CO)C3)[C@H](C)[C@H]12. The normalized spacial score (nSPS) is 37.8. The van der Waals surface area contributed by atoms with E-state index >= 15 is 0 Å². The van der Waals surface area contributed by atoms with Gasteiger partial charge in [0, 0.05) is 28.7 Å². The third-order valence-corrected chi connectivity index (χ3v) is 6.52. The zero-order valence-electron chi connectivity index (χ0n) is 13.1. The number of aliphatic hydroxyl groups is 2. The number of hydrogen-bond donors (Lipinski definition) is 4. The van der Waals surface area contributed by atoms with Crippen molar-refractivity contribution in [1.82, 2.24) is 10.2 Å². The molecule has 8 heteroatoms. The van der Waals surface area contributed by atoms with Crippen LogP contribution in [0.25, 0.3) is 0 Å². The lowest BCUT2D eigenvalue weighted by Gasteiger charge is -2.46. The van der Waals surface area contributed by atoms with Crippen LogP contribution in [0.2, 0.25) is 0 Å². The number of rotatable bonds is 5. The quantitative estimate of drug-likeness (QED) is 0.503. The van der Waals surface area contributed by atoms with E-state index in [1.54, 1.807) is 6.92 Å². The Bertz CT molecular complexity index is 564. The van der Waals surface area contributed by atoms with E-state index in [4.69, 9.17) is 0 Å². The molecule has 3 rings (SSSR count). The predicted molar refractivity (Wildman–Crippen MR) is 84.5 cm³/mol. The summed E-state index contributed by atoms with van der Waals surface area (Å²) in [5, 5.41) is 31.9. The smallest absolute Gasteiger partial charge is 0.353 e. The number of amides is 1. The van der Waals surface area contributed by atoms with E-state index in [1.807, 2.05) is 6.92 Å². The Balaban J connectivity index is 1.83. The molecule has 6 atom stereocenters. The van der Waals surface area contributed by atoms with E-state index in [-0.39, 0.29) is 41.5 Å². The number of hydrogen-bond acceptors (Lipinski definition) is 6. The number of carboxylic acid groups (broad SMARTS) is 1. The van der Waals surface area contributed by atoms with Gasteiger partial charge in [-0.1, -0.05) is 6.92 Å². The largest absolute Gasteiger partial charge is 0.477 e. The molecular formula is C15H22N2O5S. The Labute approximate surface area is 138 Å². The van der Waals surface area contributed by atoms with Crippen molar-refractivity contribution in [2.24, 2.45) is 11.8 Å². The first-order valence-electron chi connectivity index (χ1n) is 7.86. The number of thioether (sulfide) groups is 1. The van der Waals surface area contributed by atoms with Gasteiger partial charge in [0.15, 0.2) is 0 Å². The first-order chi connectivity index (χ1) is 10.9. The Morgan fingerprint density at radius 3 is 2.74 bits per heavy atom. The van der Waals surface area contributed by atoms with Gasteiger partial charge in [-0.3, -0.25) is 4.79 Å². The first kappa shape index (κ1) is 16.8. The van der Waals surface area contributed by atoms with E-state index in [0.29, 0.717) is 11.4 Å². The molecule has 7 nitrogen and oxygen atoms in total. The van der Waals surface area contributed by atoms with Crippen LogP contribution in [0.1, 0.15) is 20.3 Å². The zero-order chi connectivity index (χ0) is 16.9. The summed E-state index contributed by atoms with van der Waals surface area (Å²) in [6.45, 7) is 4.26. The van der Waals surface area contributed by atoms with Gasteiger partial charge in [0.2, 0.25) is 5.91 Å². The van der Waals surface area contributed by atoms with Gasteiger partial charge in [-0.05, 0) is 13.3 Å². The molecule has 0 saturated carbocycles. The number of nitrogens with one attached hydrogen (secondary N) is 1. The minimum atomic E-state index is -1.09. The van der Waals surface area contributed by atoms with E-state index < -0.39 is 18.0 Å². The maximum absolute atomic E-state index is 12.2. The van der Waals surface area contributed by atoms with Crippen molar-refractivity contribution in [3.8, 4) is 0 Å².